The summed E-state index contributed by atoms with van der Waals surface area (Å²) < 4.78 is 3.19. The minimum Gasteiger partial charge on any atom is -0.294 e. The SMILES string of the molecule is CCc1c(C)[nH]n2c(=O)cc(-c3nn(CC)cc3Cl)nc12. The van der Waals surface area contributed by atoms with Crippen molar-refractivity contribution < 1.29 is 0 Å². The molecule has 0 saturated carbocycles. The van der Waals surface area contributed by atoms with Crippen molar-refractivity contribution in [1.82, 2.24) is 24.4 Å². The van der Waals surface area contributed by atoms with Crippen molar-refractivity contribution in [3.63, 3.8) is 0 Å². The molecule has 0 aliphatic rings. The molecular formula is C14H16ClN5O. The van der Waals surface area contributed by atoms with Crippen molar-refractivity contribution in [2.24, 2.45) is 0 Å². The fraction of sp³-hybridized carbons (Fsp3) is 0.357. The number of H-pyrrole nitrogens is 1. The van der Waals surface area contributed by atoms with Gasteiger partial charge in [0.15, 0.2) is 5.65 Å². The number of aromatic amines is 1. The molecule has 0 fully saturated rings. The van der Waals surface area contributed by atoms with Gasteiger partial charge in [-0.15, -0.1) is 0 Å². The number of aromatic nitrogens is 5. The number of aryl methyl sites for hydroxylation is 3. The minimum atomic E-state index is -0.167. The van der Waals surface area contributed by atoms with Gasteiger partial charge in [0.25, 0.3) is 5.56 Å². The Morgan fingerprint density at radius 1 is 1.38 bits per heavy atom. The molecule has 0 aliphatic heterocycles. The summed E-state index contributed by atoms with van der Waals surface area (Å²) in [5.41, 5.74) is 3.49. The van der Waals surface area contributed by atoms with E-state index in [4.69, 9.17) is 11.6 Å². The average Bonchev–Trinajstić information content (AvgIpc) is 2.98. The molecule has 0 amide bonds. The van der Waals surface area contributed by atoms with Crippen LogP contribution in [0.5, 0.6) is 0 Å². The molecule has 0 atom stereocenters. The van der Waals surface area contributed by atoms with Crippen LogP contribution in [0.3, 0.4) is 0 Å². The standard InChI is InChI=1S/C14H16ClN5O/c1-4-9-8(3)17-20-12(21)6-11(16-14(9)20)13-10(15)7-19(5-2)18-13/h6-7,17H,4-5H2,1-3H3. The van der Waals surface area contributed by atoms with Crippen LogP contribution in [0.4, 0.5) is 0 Å². The summed E-state index contributed by atoms with van der Waals surface area (Å²) in [4.78, 5) is 16.8. The Balaban J connectivity index is 2.28. The molecule has 3 aromatic heterocycles. The quantitative estimate of drug-likeness (QED) is 0.808. The Bertz CT molecular complexity index is 873. The third-order valence-corrected chi connectivity index (χ3v) is 3.83. The van der Waals surface area contributed by atoms with Gasteiger partial charge in [-0.3, -0.25) is 14.6 Å². The first-order chi connectivity index (χ1) is 10.0. The number of nitrogens with one attached hydrogen (secondary N) is 1. The van der Waals surface area contributed by atoms with Crippen molar-refractivity contribution >= 4 is 17.2 Å². The van der Waals surface area contributed by atoms with E-state index in [1.54, 1.807) is 10.9 Å². The molecule has 0 radical (unpaired) electrons. The van der Waals surface area contributed by atoms with E-state index in [9.17, 15) is 4.79 Å². The second-order valence-electron chi connectivity index (χ2n) is 4.89. The zero-order valence-electron chi connectivity index (χ0n) is 12.1. The van der Waals surface area contributed by atoms with Gasteiger partial charge in [-0.1, -0.05) is 18.5 Å². The lowest BCUT2D eigenvalue weighted by molar-refractivity contribution is 0.661. The van der Waals surface area contributed by atoms with Crippen molar-refractivity contribution in [3.05, 3.63) is 38.9 Å². The maximum atomic E-state index is 12.3. The summed E-state index contributed by atoms with van der Waals surface area (Å²) in [6.07, 6.45) is 2.54. The first-order valence-electron chi connectivity index (χ1n) is 6.89. The van der Waals surface area contributed by atoms with Crippen LogP contribution in [0, 0.1) is 6.92 Å². The molecule has 3 rings (SSSR count). The molecule has 3 aromatic rings. The van der Waals surface area contributed by atoms with Crippen LogP contribution < -0.4 is 5.56 Å². The highest BCUT2D eigenvalue weighted by molar-refractivity contribution is 6.32. The highest BCUT2D eigenvalue weighted by atomic mass is 35.5. The van der Waals surface area contributed by atoms with Crippen molar-refractivity contribution in [1.29, 1.82) is 0 Å². The van der Waals surface area contributed by atoms with Gasteiger partial charge < -0.3 is 0 Å². The molecule has 1 N–H and O–H groups in total. The summed E-state index contributed by atoms with van der Waals surface area (Å²) in [6.45, 7) is 6.66. The molecule has 0 saturated heterocycles. The van der Waals surface area contributed by atoms with Gasteiger partial charge in [0.2, 0.25) is 0 Å². The Kier molecular flexibility index (Phi) is 3.33. The molecule has 0 bridgehead atoms. The predicted molar refractivity (Wildman–Crippen MR) is 81.8 cm³/mol. The summed E-state index contributed by atoms with van der Waals surface area (Å²) in [5.74, 6) is 0. The first kappa shape index (κ1) is 13.9. The smallest absolute Gasteiger partial charge is 0.273 e. The van der Waals surface area contributed by atoms with E-state index in [1.165, 1.54) is 10.6 Å². The number of fused-ring (bicyclic) bond motifs is 1. The summed E-state index contributed by atoms with van der Waals surface area (Å²) in [5, 5.41) is 7.91. The summed E-state index contributed by atoms with van der Waals surface area (Å²) in [7, 11) is 0. The van der Waals surface area contributed by atoms with E-state index in [0.717, 1.165) is 17.7 Å². The van der Waals surface area contributed by atoms with E-state index in [0.29, 0.717) is 28.6 Å². The highest BCUT2D eigenvalue weighted by Gasteiger charge is 2.16. The fourth-order valence-electron chi connectivity index (χ4n) is 2.47. The molecule has 21 heavy (non-hydrogen) atoms. The summed E-state index contributed by atoms with van der Waals surface area (Å²) in [6, 6.07) is 1.45. The Morgan fingerprint density at radius 2 is 2.14 bits per heavy atom. The third kappa shape index (κ3) is 2.15. The van der Waals surface area contributed by atoms with Gasteiger partial charge >= 0.3 is 0 Å². The Hall–Kier alpha value is -2.08. The van der Waals surface area contributed by atoms with E-state index in [1.807, 2.05) is 20.8 Å². The molecular weight excluding hydrogens is 290 g/mol. The maximum absolute atomic E-state index is 12.3. The van der Waals surface area contributed by atoms with E-state index in [2.05, 4.69) is 15.2 Å². The number of halogens is 1. The first-order valence-corrected chi connectivity index (χ1v) is 7.27. The largest absolute Gasteiger partial charge is 0.294 e. The van der Waals surface area contributed by atoms with Crippen molar-refractivity contribution in [2.75, 3.05) is 0 Å². The molecule has 3 heterocycles. The molecule has 110 valence electrons. The second-order valence-corrected chi connectivity index (χ2v) is 5.30. The molecule has 0 unspecified atom stereocenters. The maximum Gasteiger partial charge on any atom is 0.273 e. The van der Waals surface area contributed by atoms with Gasteiger partial charge in [0.1, 0.15) is 11.4 Å². The van der Waals surface area contributed by atoms with Crippen LogP contribution >= 0.6 is 11.6 Å². The predicted octanol–water partition coefficient (Wildman–Crippen LogP) is 2.43. The number of hydrogen-bond donors (Lipinski definition) is 1. The normalized spacial score (nSPS) is 11.4. The lowest BCUT2D eigenvalue weighted by atomic mass is 10.2. The zero-order chi connectivity index (χ0) is 15.1. The van der Waals surface area contributed by atoms with Crippen LogP contribution in [-0.2, 0) is 13.0 Å². The van der Waals surface area contributed by atoms with Crippen LogP contribution in [0.1, 0.15) is 25.1 Å². The average molecular weight is 306 g/mol. The number of nitrogens with zero attached hydrogens (tertiary/aromatic N) is 4. The lowest BCUT2D eigenvalue weighted by Crippen LogP contribution is -2.14. The summed E-state index contributed by atoms with van der Waals surface area (Å²) >= 11 is 6.20. The zero-order valence-corrected chi connectivity index (χ0v) is 12.9. The van der Waals surface area contributed by atoms with Gasteiger partial charge in [0.05, 0.1) is 5.02 Å². The van der Waals surface area contributed by atoms with E-state index < -0.39 is 0 Å². The minimum absolute atomic E-state index is 0.167. The Labute approximate surface area is 126 Å². The van der Waals surface area contributed by atoms with E-state index in [-0.39, 0.29) is 5.56 Å². The van der Waals surface area contributed by atoms with Crippen LogP contribution in [0.25, 0.3) is 17.0 Å². The van der Waals surface area contributed by atoms with Gasteiger partial charge in [0, 0.05) is 30.1 Å². The fourth-order valence-corrected chi connectivity index (χ4v) is 2.72. The van der Waals surface area contributed by atoms with Crippen molar-refractivity contribution in [3.8, 4) is 11.4 Å². The molecule has 0 aromatic carbocycles. The van der Waals surface area contributed by atoms with Crippen molar-refractivity contribution in [2.45, 2.75) is 33.7 Å². The van der Waals surface area contributed by atoms with Gasteiger partial charge in [-0.05, 0) is 20.3 Å². The van der Waals surface area contributed by atoms with Crippen LogP contribution in [0.15, 0.2) is 17.1 Å². The highest BCUT2D eigenvalue weighted by Crippen LogP contribution is 2.25. The lowest BCUT2D eigenvalue weighted by Gasteiger charge is -2.00. The van der Waals surface area contributed by atoms with Gasteiger partial charge in [-0.25, -0.2) is 9.50 Å². The van der Waals surface area contributed by atoms with Gasteiger partial charge in [-0.2, -0.15) is 5.10 Å². The number of rotatable bonds is 3. The molecule has 7 heteroatoms. The van der Waals surface area contributed by atoms with Crippen LogP contribution in [-0.4, -0.2) is 24.4 Å². The number of hydrogen-bond acceptors (Lipinski definition) is 3. The monoisotopic (exact) mass is 305 g/mol. The Morgan fingerprint density at radius 3 is 2.76 bits per heavy atom. The topological polar surface area (TPSA) is 68.0 Å². The molecule has 0 spiro atoms. The molecule has 0 aliphatic carbocycles. The van der Waals surface area contributed by atoms with Crippen LogP contribution in [0.2, 0.25) is 5.02 Å². The second kappa shape index (κ2) is 5.04. The van der Waals surface area contributed by atoms with E-state index >= 15 is 0 Å². The third-order valence-electron chi connectivity index (χ3n) is 3.56. The molecule has 6 nitrogen and oxygen atoms in total.